The van der Waals surface area contributed by atoms with Gasteiger partial charge in [0.15, 0.2) is 5.58 Å². The Bertz CT molecular complexity index is 950. The normalized spacial score (nSPS) is 12.0. The van der Waals surface area contributed by atoms with E-state index in [1.54, 1.807) is 30.3 Å². The molecule has 0 saturated carbocycles. The maximum Gasteiger partial charge on any atom is 0.417 e. The number of hydrogen-bond acceptors (Lipinski definition) is 5. The number of aromatic nitrogens is 1. The first-order valence-electron chi connectivity index (χ1n) is 6.12. The molecule has 6 nitrogen and oxygen atoms in total. The number of benzene rings is 1. The molecular formula is C13H12N2O4S2. The average molecular weight is 324 g/mol. The third-order valence-corrected chi connectivity index (χ3v) is 5.82. The van der Waals surface area contributed by atoms with Crippen molar-refractivity contribution in [1.82, 2.24) is 9.71 Å². The molecule has 2 aromatic heterocycles. The number of sulfonamides is 1. The summed E-state index contributed by atoms with van der Waals surface area (Å²) >= 11 is 1.22. The van der Waals surface area contributed by atoms with E-state index in [0.717, 1.165) is 10.4 Å². The number of oxazole rings is 1. The Morgan fingerprint density at radius 1 is 1.29 bits per heavy atom. The third-order valence-electron chi connectivity index (χ3n) is 2.93. The molecule has 0 atom stereocenters. The van der Waals surface area contributed by atoms with Crippen LogP contribution in [0.25, 0.3) is 11.1 Å². The number of fused-ring (bicyclic) bond motifs is 1. The quantitative estimate of drug-likeness (QED) is 0.767. The minimum Gasteiger partial charge on any atom is -0.408 e. The Morgan fingerprint density at radius 2 is 2.10 bits per heavy atom. The number of aromatic amines is 1. The van der Waals surface area contributed by atoms with E-state index in [0.29, 0.717) is 11.1 Å². The summed E-state index contributed by atoms with van der Waals surface area (Å²) in [5.74, 6) is -0.531. The zero-order valence-corrected chi connectivity index (χ0v) is 12.7. The minimum atomic E-state index is -3.51. The monoisotopic (exact) mass is 324 g/mol. The lowest BCUT2D eigenvalue weighted by molar-refractivity contribution is 0.555. The van der Waals surface area contributed by atoms with Crippen LogP contribution in [-0.4, -0.2) is 13.4 Å². The van der Waals surface area contributed by atoms with Crippen LogP contribution < -0.4 is 10.5 Å². The summed E-state index contributed by atoms with van der Waals surface area (Å²) in [6.45, 7) is 2.00. The first-order chi connectivity index (χ1) is 9.94. The second-order valence-electron chi connectivity index (χ2n) is 4.53. The average Bonchev–Trinajstić information content (AvgIpc) is 3.01. The minimum absolute atomic E-state index is 0.141. The van der Waals surface area contributed by atoms with E-state index in [-0.39, 0.29) is 10.8 Å². The Morgan fingerprint density at radius 3 is 2.81 bits per heavy atom. The molecule has 0 amide bonds. The molecule has 0 aliphatic heterocycles. The fourth-order valence-electron chi connectivity index (χ4n) is 1.92. The van der Waals surface area contributed by atoms with Crippen LogP contribution in [0.2, 0.25) is 0 Å². The maximum absolute atomic E-state index is 12.1. The molecule has 0 aliphatic carbocycles. The second-order valence-corrected chi connectivity index (χ2v) is 7.82. The highest BCUT2D eigenvalue weighted by atomic mass is 32.2. The van der Waals surface area contributed by atoms with Gasteiger partial charge >= 0.3 is 5.76 Å². The van der Waals surface area contributed by atoms with Gasteiger partial charge in [0, 0.05) is 11.4 Å². The molecule has 3 rings (SSSR count). The molecule has 0 unspecified atom stereocenters. The van der Waals surface area contributed by atoms with Gasteiger partial charge in [-0.3, -0.25) is 4.98 Å². The number of thiophene rings is 1. The molecule has 0 aliphatic rings. The van der Waals surface area contributed by atoms with Gasteiger partial charge in [-0.2, -0.15) is 0 Å². The largest absolute Gasteiger partial charge is 0.417 e. The van der Waals surface area contributed by atoms with E-state index in [1.165, 1.54) is 11.3 Å². The molecule has 3 aromatic rings. The number of H-pyrrole nitrogens is 1. The standard InChI is InChI=1S/C13H12N2O4S2/c1-8-2-5-12(20-8)21(17,18)14-7-9-3-4-11-10(6-9)15-13(16)19-11/h2-6,14H,7H2,1H3,(H,15,16). The van der Waals surface area contributed by atoms with Crippen molar-refractivity contribution in [2.45, 2.75) is 17.7 Å². The van der Waals surface area contributed by atoms with Crippen LogP contribution in [-0.2, 0) is 16.6 Å². The molecule has 8 heteroatoms. The molecule has 2 heterocycles. The fourth-order valence-corrected chi connectivity index (χ4v) is 4.26. The summed E-state index contributed by atoms with van der Waals surface area (Å²) in [6, 6.07) is 8.37. The van der Waals surface area contributed by atoms with Gasteiger partial charge in [0.1, 0.15) is 4.21 Å². The number of aryl methyl sites for hydroxylation is 1. The molecule has 110 valence electrons. The first-order valence-corrected chi connectivity index (χ1v) is 8.42. The summed E-state index contributed by atoms with van der Waals surface area (Å²) in [6.07, 6.45) is 0. The lowest BCUT2D eigenvalue weighted by atomic mass is 10.2. The lowest BCUT2D eigenvalue weighted by Gasteiger charge is -2.04. The highest BCUT2D eigenvalue weighted by Crippen LogP contribution is 2.20. The molecular weight excluding hydrogens is 312 g/mol. The number of hydrogen-bond donors (Lipinski definition) is 2. The fraction of sp³-hybridized carbons (Fsp3) is 0.154. The van der Waals surface area contributed by atoms with Crippen LogP contribution >= 0.6 is 11.3 Å². The van der Waals surface area contributed by atoms with Crippen molar-refractivity contribution in [3.63, 3.8) is 0 Å². The molecule has 0 spiro atoms. The van der Waals surface area contributed by atoms with Crippen molar-refractivity contribution in [3.05, 3.63) is 51.3 Å². The van der Waals surface area contributed by atoms with Crippen molar-refractivity contribution in [2.75, 3.05) is 0 Å². The smallest absolute Gasteiger partial charge is 0.408 e. The van der Waals surface area contributed by atoms with Gasteiger partial charge in [0.05, 0.1) is 5.52 Å². The third kappa shape index (κ3) is 2.92. The van der Waals surface area contributed by atoms with Crippen molar-refractivity contribution in [1.29, 1.82) is 0 Å². The van der Waals surface area contributed by atoms with Gasteiger partial charge < -0.3 is 4.42 Å². The Labute approximate surface area is 124 Å². The van der Waals surface area contributed by atoms with Crippen molar-refractivity contribution in [2.24, 2.45) is 0 Å². The van der Waals surface area contributed by atoms with Gasteiger partial charge in [-0.1, -0.05) is 6.07 Å². The molecule has 0 fully saturated rings. The molecule has 1 aromatic carbocycles. The Hall–Kier alpha value is -1.90. The van der Waals surface area contributed by atoms with Crippen molar-refractivity contribution in [3.8, 4) is 0 Å². The van der Waals surface area contributed by atoms with Gasteiger partial charge in [0.25, 0.3) is 0 Å². The summed E-state index contributed by atoms with van der Waals surface area (Å²) in [4.78, 5) is 14.5. The molecule has 0 bridgehead atoms. The summed E-state index contributed by atoms with van der Waals surface area (Å²) in [5.41, 5.74) is 1.72. The van der Waals surface area contributed by atoms with Crippen molar-refractivity contribution >= 4 is 32.5 Å². The van der Waals surface area contributed by atoms with E-state index in [9.17, 15) is 13.2 Å². The molecule has 0 radical (unpaired) electrons. The van der Waals surface area contributed by atoms with Gasteiger partial charge in [-0.15, -0.1) is 11.3 Å². The predicted molar refractivity (Wildman–Crippen MR) is 79.9 cm³/mol. The van der Waals surface area contributed by atoms with E-state index in [1.807, 2.05) is 6.92 Å². The summed E-state index contributed by atoms with van der Waals surface area (Å²) < 4.78 is 31.9. The maximum atomic E-state index is 12.1. The SMILES string of the molecule is Cc1ccc(S(=O)(=O)NCc2ccc3oc(=O)[nH]c3c2)s1. The summed E-state index contributed by atoms with van der Waals surface area (Å²) in [7, 11) is -3.51. The highest BCUT2D eigenvalue weighted by Gasteiger charge is 2.15. The van der Waals surface area contributed by atoms with Crippen LogP contribution in [0.4, 0.5) is 0 Å². The van der Waals surface area contributed by atoms with Gasteiger partial charge in [-0.05, 0) is 36.8 Å². The van der Waals surface area contributed by atoms with Gasteiger partial charge in [-0.25, -0.2) is 17.9 Å². The zero-order valence-electron chi connectivity index (χ0n) is 11.0. The molecule has 21 heavy (non-hydrogen) atoms. The van der Waals surface area contributed by atoms with Crippen LogP contribution in [0.1, 0.15) is 10.4 Å². The van der Waals surface area contributed by atoms with Crippen molar-refractivity contribution < 1.29 is 12.8 Å². The van der Waals surface area contributed by atoms with E-state index in [4.69, 9.17) is 4.42 Å². The van der Waals surface area contributed by atoms with Crippen LogP contribution in [0.15, 0.2) is 43.8 Å². The number of nitrogens with one attached hydrogen (secondary N) is 2. The number of rotatable bonds is 4. The highest BCUT2D eigenvalue weighted by molar-refractivity contribution is 7.91. The van der Waals surface area contributed by atoms with Gasteiger partial charge in [0.2, 0.25) is 10.0 Å². The topological polar surface area (TPSA) is 92.2 Å². The Balaban J connectivity index is 1.81. The second kappa shape index (κ2) is 5.14. The Kier molecular flexibility index (Phi) is 3.44. The molecule has 2 N–H and O–H groups in total. The van der Waals surface area contributed by atoms with Crippen LogP contribution in [0.5, 0.6) is 0 Å². The first kappa shape index (κ1) is 14.1. The zero-order chi connectivity index (χ0) is 15.0. The predicted octanol–water partition coefficient (Wildman–Crippen LogP) is 1.97. The van der Waals surface area contributed by atoms with E-state index < -0.39 is 15.8 Å². The van der Waals surface area contributed by atoms with Crippen LogP contribution in [0.3, 0.4) is 0 Å². The summed E-state index contributed by atoms with van der Waals surface area (Å²) in [5, 5.41) is 0. The van der Waals surface area contributed by atoms with E-state index in [2.05, 4.69) is 9.71 Å². The van der Waals surface area contributed by atoms with E-state index >= 15 is 0 Å². The van der Waals surface area contributed by atoms with Crippen LogP contribution in [0, 0.1) is 6.92 Å². The molecule has 0 saturated heterocycles. The lowest BCUT2D eigenvalue weighted by Crippen LogP contribution is -2.22.